The Morgan fingerprint density at radius 2 is 0.961 bits per heavy atom. The van der Waals surface area contributed by atoms with Crippen molar-refractivity contribution in [2.75, 3.05) is 0 Å². The van der Waals surface area contributed by atoms with Crippen molar-refractivity contribution in [3.63, 3.8) is 0 Å². The summed E-state index contributed by atoms with van der Waals surface area (Å²) in [6, 6.07) is 63.8. The van der Waals surface area contributed by atoms with Crippen molar-refractivity contribution in [2.24, 2.45) is 0 Å². The molecule has 10 aromatic rings. The summed E-state index contributed by atoms with van der Waals surface area (Å²) in [5.74, 6) is 0.633. The second-order valence-corrected chi connectivity index (χ2v) is 13.0. The first-order valence-corrected chi connectivity index (χ1v) is 17.2. The first kappa shape index (κ1) is 29.1. The molecular formula is C48H30N2O. The minimum absolute atomic E-state index is 0.633. The molecule has 3 nitrogen and oxygen atoms in total. The molecule has 51 heavy (non-hydrogen) atoms. The van der Waals surface area contributed by atoms with Gasteiger partial charge in [0.05, 0.1) is 16.8 Å². The predicted molar refractivity (Wildman–Crippen MR) is 212 cm³/mol. The third kappa shape index (κ3) is 5.06. The summed E-state index contributed by atoms with van der Waals surface area (Å²) in [6.45, 7) is 0. The van der Waals surface area contributed by atoms with Gasteiger partial charge < -0.3 is 4.42 Å². The van der Waals surface area contributed by atoms with Crippen LogP contribution < -0.4 is 0 Å². The first-order chi connectivity index (χ1) is 25.3. The Morgan fingerprint density at radius 1 is 0.373 bits per heavy atom. The van der Waals surface area contributed by atoms with E-state index in [0.29, 0.717) is 5.82 Å². The maximum atomic E-state index is 6.86. The van der Waals surface area contributed by atoms with Gasteiger partial charge in [0.15, 0.2) is 5.82 Å². The minimum Gasteiger partial charge on any atom is -0.455 e. The molecule has 0 atom stereocenters. The fourth-order valence-corrected chi connectivity index (χ4v) is 7.35. The number of hydrogen-bond acceptors (Lipinski definition) is 3. The van der Waals surface area contributed by atoms with Gasteiger partial charge in [0.25, 0.3) is 0 Å². The van der Waals surface area contributed by atoms with E-state index in [0.717, 1.165) is 71.7 Å². The molecule has 0 fully saturated rings. The Bertz CT molecular complexity index is 2890. The molecule has 0 amide bonds. The number of furan rings is 1. The molecule has 0 radical (unpaired) electrons. The molecule has 0 N–H and O–H groups in total. The first-order valence-electron chi connectivity index (χ1n) is 17.2. The second kappa shape index (κ2) is 11.9. The van der Waals surface area contributed by atoms with Gasteiger partial charge >= 0.3 is 0 Å². The summed E-state index contributed by atoms with van der Waals surface area (Å²) >= 11 is 0. The van der Waals surface area contributed by atoms with Crippen molar-refractivity contribution >= 4 is 43.6 Å². The SMILES string of the molecule is c1ccc(-c2ccc(-c3ccc(-c4nc(-c5cccc(-c6ccccc6)c5)c5ccccc5n4)c4oc5cc6ccccc6cc5c34)cc2)cc1. The van der Waals surface area contributed by atoms with E-state index in [1.807, 2.05) is 18.2 Å². The number of aromatic nitrogens is 2. The zero-order valence-corrected chi connectivity index (χ0v) is 27.6. The van der Waals surface area contributed by atoms with E-state index in [1.54, 1.807) is 0 Å². The number of nitrogens with zero attached hydrogens (tertiary/aromatic N) is 2. The van der Waals surface area contributed by atoms with E-state index < -0.39 is 0 Å². The second-order valence-electron chi connectivity index (χ2n) is 13.0. The Morgan fingerprint density at radius 3 is 1.75 bits per heavy atom. The van der Waals surface area contributed by atoms with E-state index in [4.69, 9.17) is 14.4 Å². The van der Waals surface area contributed by atoms with Crippen LogP contribution in [0, 0.1) is 0 Å². The van der Waals surface area contributed by atoms with Crippen LogP contribution >= 0.6 is 0 Å². The molecule has 2 heterocycles. The largest absolute Gasteiger partial charge is 0.455 e. The van der Waals surface area contributed by atoms with E-state index in [1.165, 1.54) is 22.1 Å². The topological polar surface area (TPSA) is 38.9 Å². The van der Waals surface area contributed by atoms with Crippen LogP contribution in [0.25, 0.3) is 99.6 Å². The van der Waals surface area contributed by atoms with Gasteiger partial charge in [-0.15, -0.1) is 0 Å². The molecule has 0 aliphatic carbocycles. The maximum absolute atomic E-state index is 6.86. The smallest absolute Gasteiger partial charge is 0.164 e. The lowest BCUT2D eigenvalue weighted by atomic mass is 9.94. The minimum atomic E-state index is 0.633. The van der Waals surface area contributed by atoms with E-state index in [9.17, 15) is 0 Å². The van der Waals surface area contributed by atoms with Gasteiger partial charge in [-0.1, -0.05) is 152 Å². The quantitative estimate of drug-likeness (QED) is 0.186. The average Bonchev–Trinajstić information content (AvgIpc) is 3.58. The van der Waals surface area contributed by atoms with Crippen LogP contribution in [0.1, 0.15) is 0 Å². The molecular weight excluding hydrogens is 621 g/mol. The van der Waals surface area contributed by atoms with Gasteiger partial charge in [-0.3, -0.25) is 0 Å². The van der Waals surface area contributed by atoms with Crippen LogP contribution in [-0.2, 0) is 0 Å². The summed E-state index contributed by atoms with van der Waals surface area (Å²) in [6.07, 6.45) is 0. The molecule has 3 heteroatoms. The molecule has 0 saturated carbocycles. The Balaban J connectivity index is 1.20. The van der Waals surface area contributed by atoms with Gasteiger partial charge in [0.1, 0.15) is 11.2 Å². The number of para-hydroxylation sites is 1. The fraction of sp³-hybridized carbons (Fsp3) is 0. The summed E-state index contributed by atoms with van der Waals surface area (Å²) in [7, 11) is 0. The lowest BCUT2D eigenvalue weighted by Gasteiger charge is -2.12. The molecule has 0 aliphatic rings. The fourth-order valence-electron chi connectivity index (χ4n) is 7.35. The van der Waals surface area contributed by atoms with Crippen molar-refractivity contribution in [2.45, 2.75) is 0 Å². The Labute approximate surface area is 295 Å². The number of hydrogen-bond donors (Lipinski definition) is 0. The van der Waals surface area contributed by atoms with Crippen molar-refractivity contribution in [3.8, 4) is 56.0 Å². The number of rotatable bonds is 5. The highest BCUT2D eigenvalue weighted by Crippen LogP contribution is 2.43. The molecule has 8 aromatic carbocycles. The molecule has 0 unspecified atom stereocenters. The third-order valence-electron chi connectivity index (χ3n) is 9.88. The summed E-state index contributed by atoms with van der Waals surface area (Å²) in [4.78, 5) is 10.5. The van der Waals surface area contributed by atoms with Crippen LogP contribution in [0.4, 0.5) is 0 Å². The number of fused-ring (bicyclic) bond motifs is 5. The molecule has 238 valence electrons. The van der Waals surface area contributed by atoms with E-state index >= 15 is 0 Å². The highest BCUT2D eigenvalue weighted by atomic mass is 16.3. The molecule has 0 aliphatic heterocycles. The predicted octanol–water partition coefficient (Wildman–Crippen LogP) is 13.0. The maximum Gasteiger partial charge on any atom is 0.164 e. The third-order valence-corrected chi connectivity index (χ3v) is 9.88. The van der Waals surface area contributed by atoms with Crippen LogP contribution in [0.3, 0.4) is 0 Å². The monoisotopic (exact) mass is 650 g/mol. The highest BCUT2D eigenvalue weighted by molar-refractivity contribution is 6.18. The molecule has 0 bridgehead atoms. The van der Waals surface area contributed by atoms with Crippen molar-refractivity contribution in [1.82, 2.24) is 9.97 Å². The average molecular weight is 651 g/mol. The van der Waals surface area contributed by atoms with Crippen LogP contribution in [0.5, 0.6) is 0 Å². The molecule has 0 saturated heterocycles. The van der Waals surface area contributed by atoms with E-state index in [2.05, 4.69) is 164 Å². The van der Waals surface area contributed by atoms with Crippen molar-refractivity contribution in [1.29, 1.82) is 0 Å². The lowest BCUT2D eigenvalue weighted by Crippen LogP contribution is -1.96. The highest BCUT2D eigenvalue weighted by Gasteiger charge is 2.21. The van der Waals surface area contributed by atoms with Crippen LogP contribution in [-0.4, -0.2) is 9.97 Å². The Hall–Kier alpha value is -6.84. The van der Waals surface area contributed by atoms with Gasteiger partial charge in [-0.05, 0) is 74.5 Å². The zero-order chi connectivity index (χ0) is 33.7. The van der Waals surface area contributed by atoms with Crippen molar-refractivity contribution in [3.05, 3.63) is 182 Å². The van der Waals surface area contributed by atoms with Gasteiger partial charge in [-0.2, -0.15) is 0 Å². The van der Waals surface area contributed by atoms with Crippen molar-refractivity contribution < 1.29 is 4.42 Å². The van der Waals surface area contributed by atoms with Gasteiger partial charge in [0.2, 0.25) is 0 Å². The van der Waals surface area contributed by atoms with Crippen LogP contribution in [0.2, 0.25) is 0 Å². The Kier molecular flexibility index (Phi) is 6.81. The molecule has 0 spiro atoms. The van der Waals surface area contributed by atoms with Gasteiger partial charge in [-0.25, -0.2) is 9.97 Å². The standard InChI is InChI=1S/C48H30N2O/c1-3-12-31(13-4-1)33-22-24-34(25-23-33)39-26-27-41(47-45(39)42-29-36-16-7-8-17-37(36)30-44(42)51-47)48-49-43-21-10-9-20-40(43)46(50-48)38-19-11-18-35(28-38)32-14-5-2-6-15-32/h1-30H. The molecule has 2 aromatic heterocycles. The summed E-state index contributed by atoms with van der Waals surface area (Å²) in [5.41, 5.74) is 12.2. The lowest BCUT2D eigenvalue weighted by molar-refractivity contribution is 0.670. The molecule has 10 rings (SSSR count). The zero-order valence-electron chi connectivity index (χ0n) is 27.6. The summed E-state index contributed by atoms with van der Waals surface area (Å²) < 4.78 is 6.86. The number of benzene rings is 8. The summed E-state index contributed by atoms with van der Waals surface area (Å²) in [5, 5.41) is 5.45. The normalized spacial score (nSPS) is 11.5. The van der Waals surface area contributed by atoms with E-state index in [-0.39, 0.29) is 0 Å². The van der Waals surface area contributed by atoms with Gasteiger partial charge in [0, 0.05) is 21.7 Å². The van der Waals surface area contributed by atoms with Crippen LogP contribution in [0.15, 0.2) is 186 Å².